The van der Waals surface area contributed by atoms with Crippen molar-refractivity contribution in [2.24, 2.45) is 5.92 Å². The van der Waals surface area contributed by atoms with Crippen LogP contribution in [0.25, 0.3) is 17.4 Å². The van der Waals surface area contributed by atoms with Crippen LogP contribution in [0.3, 0.4) is 0 Å². The Hall–Kier alpha value is -3.70. The second kappa shape index (κ2) is 10.7. The second-order valence-corrected chi connectivity index (χ2v) is 9.39. The molecule has 0 bridgehead atoms. The summed E-state index contributed by atoms with van der Waals surface area (Å²) >= 11 is 1.37. The van der Waals surface area contributed by atoms with Gasteiger partial charge in [-0.3, -0.25) is 4.79 Å². The fraction of sp³-hybridized carbons (Fsp3) is 0.296. The molecule has 1 N–H and O–H groups in total. The van der Waals surface area contributed by atoms with Gasteiger partial charge in [-0.2, -0.15) is 5.26 Å². The lowest BCUT2D eigenvalue weighted by molar-refractivity contribution is -0.112. The van der Waals surface area contributed by atoms with Crippen LogP contribution in [0.15, 0.2) is 46.4 Å². The molecule has 4 rings (SSSR count). The molecule has 8 heteroatoms. The molecule has 2 aromatic heterocycles. The van der Waals surface area contributed by atoms with Crippen LogP contribution in [0, 0.1) is 23.1 Å². The maximum atomic E-state index is 13.5. The van der Waals surface area contributed by atoms with E-state index in [1.54, 1.807) is 31.2 Å². The number of nitrogens with zero attached hydrogens (tertiary/aromatic N) is 1. The molecule has 1 amide bonds. The van der Waals surface area contributed by atoms with Gasteiger partial charge < -0.3 is 14.5 Å². The number of rotatable bonds is 7. The number of nitriles is 1. The Labute approximate surface area is 207 Å². The monoisotopic (exact) mass is 492 g/mol. The lowest BCUT2D eigenvalue weighted by atomic mass is 9.85. The summed E-state index contributed by atoms with van der Waals surface area (Å²) < 4.78 is 24.5. The Morgan fingerprint density at radius 3 is 2.86 bits per heavy atom. The van der Waals surface area contributed by atoms with Crippen LogP contribution in [0.5, 0.6) is 0 Å². The quantitative estimate of drug-likeness (QED) is 0.235. The van der Waals surface area contributed by atoms with Crippen LogP contribution in [0.1, 0.15) is 53.2 Å². The predicted molar refractivity (Wildman–Crippen MR) is 132 cm³/mol. The summed E-state index contributed by atoms with van der Waals surface area (Å²) in [4.78, 5) is 26.8. The second-order valence-electron chi connectivity index (χ2n) is 8.28. The van der Waals surface area contributed by atoms with E-state index in [1.807, 2.05) is 6.07 Å². The van der Waals surface area contributed by atoms with Gasteiger partial charge in [0.15, 0.2) is 0 Å². The molecule has 6 nitrogen and oxygen atoms in total. The van der Waals surface area contributed by atoms with Crippen LogP contribution in [0.2, 0.25) is 0 Å². The maximum absolute atomic E-state index is 13.5. The van der Waals surface area contributed by atoms with Gasteiger partial charge in [-0.05, 0) is 61.9 Å². The van der Waals surface area contributed by atoms with Crippen molar-refractivity contribution in [1.82, 2.24) is 0 Å². The van der Waals surface area contributed by atoms with Gasteiger partial charge in [-0.25, -0.2) is 9.18 Å². The first-order chi connectivity index (χ1) is 16.9. The van der Waals surface area contributed by atoms with E-state index in [1.165, 1.54) is 29.5 Å². The molecule has 0 saturated carbocycles. The summed E-state index contributed by atoms with van der Waals surface area (Å²) in [6, 6.07) is 11.1. The summed E-state index contributed by atoms with van der Waals surface area (Å²) in [5.74, 6) is -0.280. The summed E-state index contributed by atoms with van der Waals surface area (Å²) in [5.41, 5.74) is 1.68. The van der Waals surface area contributed by atoms with Crippen LogP contribution in [-0.2, 0) is 22.4 Å². The van der Waals surface area contributed by atoms with Crippen molar-refractivity contribution in [2.45, 2.75) is 39.5 Å². The smallest absolute Gasteiger partial charge is 0.341 e. The minimum Gasteiger partial charge on any atom is -0.462 e. The molecule has 0 fully saturated rings. The van der Waals surface area contributed by atoms with E-state index in [4.69, 9.17) is 9.15 Å². The number of anilines is 1. The molecule has 1 atom stereocenters. The molecule has 180 valence electrons. The van der Waals surface area contributed by atoms with E-state index < -0.39 is 17.7 Å². The van der Waals surface area contributed by atoms with Gasteiger partial charge in [-0.15, -0.1) is 11.3 Å². The topological polar surface area (TPSA) is 92.3 Å². The Morgan fingerprint density at radius 1 is 1.31 bits per heavy atom. The summed E-state index contributed by atoms with van der Waals surface area (Å²) in [5, 5.41) is 12.8. The number of benzene rings is 1. The van der Waals surface area contributed by atoms with E-state index in [0.717, 1.165) is 36.1 Å². The predicted octanol–water partition coefficient (Wildman–Crippen LogP) is 6.38. The molecule has 0 spiro atoms. The van der Waals surface area contributed by atoms with Gasteiger partial charge >= 0.3 is 5.97 Å². The van der Waals surface area contributed by atoms with Gasteiger partial charge in [0.25, 0.3) is 5.91 Å². The van der Waals surface area contributed by atoms with Crippen molar-refractivity contribution in [3.63, 3.8) is 0 Å². The highest BCUT2D eigenvalue weighted by Gasteiger charge is 2.30. The fourth-order valence-corrected chi connectivity index (χ4v) is 5.54. The van der Waals surface area contributed by atoms with Gasteiger partial charge in [0, 0.05) is 16.5 Å². The Kier molecular flexibility index (Phi) is 7.47. The number of hydrogen-bond donors (Lipinski definition) is 1. The van der Waals surface area contributed by atoms with E-state index in [9.17, 15) is 19.2 Å². The number of esters is 1. The molecular weight excluding hydrogens is 467 g/mol. The summed E-state index contributed by atoms with van der Waals surface area (Å²) in [7, 11) is 0. The number of ether oxygens (including phenoxy) is 1. The molecular formula is C27H25FN2O4S. The number of fused-ring (bicyclic) bond motifs is 1. The van der Waals surface area contributed by atoms with Crippen molar-refractivity contribution >= 4 is 34.3 Å². The molecule has 1 aromatic carbocycles. The number of halogens is 1. The minimum absolute atomic E-state index is 0.183. The highest BCUT2D eigenvalue weighted by molar-refractivity contribution is 7.17. The number of thiophene rings is 1. The SMILES string of the molecule is CCOC(=O)c1c(NC(=O)/C(C#N)=C/c2ccc(-c3cccc(F)c3)o2)sc2c1CCC(CC)C2. The fourth-order valence-electron chi connectivity index (χ4n) is 4.20. The van der Waals surface area contributed by atoms with E-state index >= 15 is 0 Å². The lowest BCUT2D eigenvalue weighted by Crippen LogP contribution is -2.17. The zero-order chi connectivity index (χ0) is 24.9. The first kappa shape index (κ1) is 24.4. The number of nitrogens with one attached hydrogen (secondary N) is 1. The van der Waals surface area contributed by atoms with E-state index in [0.29, 0.717) is 27.8 Å². The zero-order valence-electron chi connectivity index (χ0n) is 19.5. The summed E-state index contributed by atoms with van der Waals surface area (Å²) in [6.07, 6.45) is 4.97. The first-order valence-electron chi connectivity index (χ1n) is 11.5. The van der Waals surface area contributed by atoms with Crippen LogP contribution < -0.4 is 5.32 Å². The van der Waals surface area contributed by atoms with Crippen molar-refractivity contribution in [2.75, 3.05) is 11.9 Å². The largest absolute Gasteiger partial charge is 0.462 e. The molecule has 1 aliphatic carbocycles. The maximum Gasteiger partial charge on any atom is 0.341 e. The number of hydrogen-bond acceptors (Lipinski definition) is 6. The van der Waals surface area contributed by atoms with Gasteiger partial charge in [0.2, 0.25) is 0 Å². The Morgan fingerprint density at radius 2 is 2.14 bits per heavy atom. The normalized spacial score (nSPS) is 15.3. The highest BCUT2D eigenvalue weighted by Crippen LogP contribution is 2.41. The van der Waals surface area contributed by atoms with E-state index in [-0.39, 0.29) is 17.9 Å². The standard InChI is InChI=1S/C27H25FN2O4S/c1-3-16-8-10-21-23(12-16)35-26(24(21)27(32)33-4-2)30-25(31)18(15-29)14-20-9-11-22(34-20)17-6-5-7-19(28)13-17/h5-7,9,11,13-14,16H,3-4,8,10,12H2,1-2H3,(H,30,31)/b18-14+. The van der Waals surface area contributed by atoms with Crippen molar-refractivity contribution < 1.29 is 23.1 Å². The highest BCUT2D eigenvalue weighted by atomic mass is 32.1. The molecule has 1 unspecified atom stereocenters. The van der Waals surface area contributed by atoms with Gasteiger partial charge in [0.1, 0.15) is 34.0 Å². The molecule has 3 aromatic rings. The third kappa shape index (κ3) is 5.36. The molecule has 1 aliphatic rings. The Bertz CT molecular complexity index is 1330. The van der Waals surface area contributed by atoms with Crippen LogP contribution in [-0.4, -0.2) is 18.5 Å². The number of furan rings is 1. The molecule has 0 radical (unpaired) electrons. The molecule has 35 heavy (non-hydrogen) atoms. The molecule has 2 heterocycles. The van der Waals surface area contributed by atoms with E-state index in [2.05, 4.69) is 12.2 Å². The third-order valence-corrected chi connectivity index (χ3v) is 7.21. The molecule has 0 aliphatic heterocycles. The molecule has 0 saturated heterocycles. The zero-order valence-corrected chi connectivity index (χ0v) is 20.3. The van der Waals surface area contributed by atoms with Crippen molar-refractivity contribution in [1.29, 1.82) is 5.26 Å². The summed E-state index contributed by atoms with van der Waals surface area (Å²) in [6.45, 7) is 4.11. The average molecular weight is 493 g/mol. The van der Waals surface area contributed by atoms with Gasteiger partial charge in [-0.1, -0.05) is 25.5 Å². The minimum atomic E-state index is -0.646. The third-order valence-electron chi connectivity index (χ3n) is 6.04. The number of amides is 1. The average Bonchev–Trinajstić information content (AvgIpc) is 3.46. The van der Waals surface area contributed by atoms with Crippen molar-refractivity contribution in [3.8, 4) is 17.4 Å². The number of carbonyl (C=O) groups is 2. The van der Waals surface area contributed by atoms with Crippen molar-refractivity contribution in [3.05, 3.63) is 69.6 Å². The van der Waals surface area contributed by atoms with Crippen LogP contribution in [0.4, 0.5) is 9.39 Å². The lowest BCUT2D eigenvalue weighted by Gasteiger charge is -2.20. The van der Waals surface area contributed by atoms with Crippen LogP contribution >= 0.6 is 11.3 Å². The first-order valence-corrected chi connectivity index (χ1v) is 12.4. The number of carbonyl (C=O) groups excluding carboxylic acids is 2. The van der Waals surface area contributed by atoms with Gasteiger partial charge in [0.05, 0.1) is 12.2 Å². The Balaban J connectivity index is 1.60.